The van der Waals surface area contributed by atoms with Crippen LogP contribution >= 0.6 is 0 Å². The molecular formula is C21H22BFN2O2. The van der Waals surface area contributed by atoms with Gasteiger partial charge < -0.3 is 9.31 Å². The van der Waals surface area contributed by atoms with Crippen molar-refractivity contribution >= 4 is 18.8 Å². The predicted octanol–water partition coefficient (Wildman–Crippen LogP) is 4.94. The van der Waals surface area contributed by atoms with E-state index in [9.17, 15) is 0 Å². The van der Waals surface area contributed by atoms with E-state index in [4.69, 9.17) is 9.31 Å². The maximum atomic E-state index is 15.2. The van der Waals surface area contributed by atoms with Crippen molar-refractivity contribution in [3.05, 3.63) is 66.1 Å². The van der Waals surface area contributed by atoms with Crippen LogP contribution in [0, 0.1) is 0 Å². The van der Waals surface area contributed by atoms with Crippen molar-refractivity contribution in [2.24, 2.45) is 0 Å². The lowest BCUT2D eigenvalue weighted by molar-refractivity contribution is 0.00578. The van der Waals surface area contributed by atoms with Gasteiger partial charge in [-0.1, -0.05) is 36.4 Å². The Kier molecular flexibility index (Phi) is 4.20. The highest BCUT2D eigenvalue weighted by Gasteiger charge is 2.53. The molecule has 138 valence electrons. The van der Waals surface area contributed by atoms with Crippen molar-refractivity contribution < 1.29 is 13.7 Å². The highest BCUT2D eigenvalue weighted by atomic mass is 19.1. The Morgan fingerprint density at radius 2 is 1.63 bits per heavy atom. The second-order valence-corrected chi connectivity index (χ2v) is 7.76. The third-order valence-electron chi connectivity index (χ3n) is 5.37. The first-order valence-electron chi connectivity index (χ1n) is 9.04. The summed E-state index contributed by atoms with van der Waals surface area (Å²) < 4.78 is 28.7. The Labute approximate surface area is 158 Å². The molecule has 0 amide bonds. The molecule has 0 unspecified atom stereocenters. The fraction of sp³-hybridized carbons (Fsp3) is 0.286. The summed E-state index contributed by atoms with van der Waals surface area (Å²) in [5.41, 5.74) is 1.39. The quantitative estimate of drug-likeness (QED) is 0.618. The number of aromatic nitrogens is 2. The molecule has 0 spiro atoms. The molecule has 1 aliphatic heterocycles. The number of nitrogens with zero attached hydrogens (tertiary/aromatic N) is 2. The average molecular weight is 364 g/mol. The van der Waals surface area contributed by atoms with Crippen molar-refractivity contribution in [3.63, 3.8) is 0 Å². The summed E-state index contributed by atoms with van der Waals surface area (Å²) in [6, 6.07) is 15.5. The minimum absolute atomic E-state index is 0.475. The normalized spacial score (nSPS) is 19.0. The zero-order valence-electron chi connectivity index (χ0n) is 15.9. The largest absolute Gasteiger partial charge is 0.525 e. The molecule has 0 N–H and O–H groups in total. The number of hydrogen-bond donors (Lipinski definition) is 0. The van der Waals surface area contributed by atoms with Crippen LogP contribution in [0.1, 0.15) is 33.4 Å². The van der Waals surface area contributed by atoms with Crippen LogP contribution in [0.5, 0.6) is 0 Å². The summed E-state index contributed by atoms with van der Waals surface area (Å²) >= 11 is 0. The van der Waals surface area contributed by atoms with Gasteiger partial charge in [0.1, 0.15) is 11.4 Å². The molecule has 4 nitrogen and oxygen atoms in total. The summed E-state index contributed by atoms with van der Waals surface area (Å²) in [7, 11) is -1.03. The highest BCUT2D eigenvalue weighted by molar-refractivity contribution is 6.54. The van der Waals surface area contributed by atoms with Gasteiger partial charge in [0, 0.05) is 11.8 Å². The Bertz CT molecular complexity index is 995. The molecule has 1 aromatic carbocycles. The number of rotatable bonds is 3. The van der Waals surface area contributed by atoms with Crippen LogP contribution in [0.2, 0.25) is 0 Å². The Balaban J connectivity index is 1.81. The van der Waals surface area contributed by atoms with Gasteiger partial charge in [0.05, 0.1) is 22.6 Å². The first-order valence-corrected chi connectivity index (χ1v) is 9.04. The molecule has 1 saturated heterocycles. The van der Waals surface area contributed by atoms with E-state index in [1.807, 2.05) is 86.8 Å². The number of imidazole rings is 1. The minimum Gasteiger partial charge on any atom is -0.398 e. The van der Waals surface area contributed by atoms with E-state index in [-0.39, 0.29) is 0 Å². The second-order valence-electron chi connectivity index (χ2n) is 7.76. The molecule has 0 bridgehead atoms. The van der Waals surface area contributed by atoms with Crippen molar-refractivity contribution in [2.75, 3.05) is 0 Å². The monoisotopic (exact) mass is 364 g/mol. The third-order valence-corrected chi connectivity index (χ3v) is 5.37. The second kappa shape index (κ2) is 6.32. The minimum atomic E-state index is -1.03. The fourth-order valence-electron chi connectivity index (χ4n) is 3.12. The van der Waals surface area contributed by atoms with Gasteiger partial charge in [0.25, 0.3) is 0 Å². The zero-order valence-corrected chi connectivity index (χ0v) is 15.9. The lowest BCUT2D eigenvalue weighted by Gasteiger charge is -2.32. The molecule has 0 saturated carbocycles. The summed E-state index contributed by atoms with van der Waals surface area (Å²) in [6.45, 7) is 7.63. The first kappa shape index (κ1) is 18.0. The fourth-order valence-corrected chi connectivity index (χ4v) is 3.12. The highest BCUT2D eigenvalue weighted by Crippen LogP contribution is 2.39. The summed E-state index contributed by atoms with van der Waals surface area (Å²) in [6.07, 6.45) is 3.34. The van der Waals surface area contributed by atoms with Gasteiger partial charge >= 0.3 is 7.12 Å². The molecule has 27 heavy (non-hydrogen) atoms. The first-order chi connectivity index (χ1) is 12.8. The van der Waals surface area contributed by atoms with Crippen LogP contribution in [0.15, 0.2) is 60.5 Å². The van der Waals surface area contributed by atoms with Gasteiger partial charge in [-0.25, -0.2) is 9.37 Å². The molecule has 3 heterocycles. The smallest absolute Gasteiger partial charge is 0.398 e. The van der Waals surface area contributed by atoms with Crippen molar-refractivity contribution in [1.82, 2.24) is 9.38 Å². The van der Waals surface area contributed by atoms with Crippen LogP contribution in [0.4, 0.5) is 4.39 Å². The van der Waals surface area contributed by atoms with E-state index in [0.717, 1.165) is 11.2 Å². The SMILES string of the molecule is CC1(C)OB(C(F)=Cc2c(-c3ccccc3)nc3ccccn23)OC1(C)C. The molecule has 3 aromatic rings. The average Bonchev–Trinajstić information content (AvgIpc) is 3.10. The molecule has 4 rings (SSSR count). The Morgan fingerprint density at radius 1 is 1.00 bits per heavy atom. The predicted molar refractivity (Wildman–Crippen MR) is 106 cm³/mol. The standard InChI is InChI=1S/C21H22BFN2O2/c1-20(2)21(3,4)27-22(26-20)17(23)14-16-19(15-10-6-5-7-11-15)24-18-12-8-9-13-25(16)18/h5-14H,1-4H3. The molecule has 1 fully saturated rings. The van der Waals surface area contributed by atoms with Gasteiger partial charge in [0.2, 0.25) is 0 Å². The number of fused-ring (bicyclic) bond motifs is 1. The van der Waals surface area contributed by atoms with E-state index >= 15 is 4.39 Å². The molecule has 0 radical (unpaired) electrons. The van der Waals surface area contributed by atoms with Gasteiger partial charge in [-0.05, 0) is 45.9 Å². The molecule has 1 aliphatic rings. The lowest BCUT2D eigenvalue weighted by Crippen LogP contribution is -2.41. The van der Waals surface area contributed by atoms with Crippen LogP contribution in [-0.4, -0.2) is 27.7 Å². The third kappa shape index (κ3) is 3.09. The maximum absolute atomic E-state index is 15.2. The summed E-state index contributed by atoms with van der Waals surface area (Å²) in [4.78, 5) is 4.69. The van der Waals surface area contributed by atoms with Gasteiger partial charge in [-0.3, -0.25) is 4.40 Å². The molecule has 0 atom stereocenters. The molecular weight excluding hydrogens is 342 g/mol. The lowest BCUT2D eigenvalue weighted by atomic mass is 9.87. The number of benzene rings is 1. The van der Waals surface area contributed by atoms with Crippen molar-refractivity contribution in [2.45, 2.75) is 38.9 Å². The number of pyridine rings is 1. The Hall–Kier alpha value is -2.44. The molecule has 0 aliphatic carbocycles. The van der Waals surface area contributed by atoms with E-state index in [0.29, 0.717) is 11.4 Å². The van der Waals surface area contributed by atoms with Crippen molar-refractivity contribution in [1.29, 1.82) is 0 Å². The summed E-state index contributed by atoms with van der Waals surface area (Å²) in [5.74, 6) is 0. The van der Waals surface area contributed by atoms with Gasteiger partial charge in [0.15, 0.2) is 0 Å². The molecule has 6 heteroatoms. The topological polar surface area (TPSA) is 35.8 Å². The van der Waals surface area contributed by atoms with Crippen molar-refractivity contribution in [3.8, 4) is 11.3 Å². The zero-order chi connectivity index (χ0) is 19.2. The van der Waals surface area contributed by atoms with Crippen LogP contribution in [0.3, 0.4) is 0 Å². The van der Waals surface area contributed by atoms with E-state index in [1.165, 1.54) is 6.08 Å². The van der Waals surface area contributed by atoms with E-state index in [2.05, 4.69) is 4.98 Å². The van der Waals surface area contributed by atoms with Gasteiger partial charge in [-0.15, -0.1) is 0 Å². The molecule has 2 aromatic heterocycles. The Morgan fingerprint density at radius 3 is 2.30 bits per heavy atom. The number of halogens is 1. The van der Waals surface area contributed by atoms with Crippen LogP contribution < -0.4 is 0 Å². The van der Waals surface area contributed by atoms with E-state index < -0.39 is 24.0 Å². The summed E-state index contributed by atoms with van der Waals surface area (Å²) in [5, 5.41) is 0. The van der Waals surface area contributed by atoms with Gasteiger partial charge in [-0.2, -0.15) is 0 Å². The van der Waals surface area contributed by atoms with Crippen LogP contribution in [0.25, 0.3) is 23.0 Å². The maximum Gasteiger partial charge on any atom is 0.525 e. The van der Waals surface area contributed by atoms with E-state index in [1.54, 1.807) is 0 Å². The van der Waals surface area contributed by atoms with Crippen LogP contribution in [-0.2, 0) is 9.31 Å². The number of hydrogen-bond acceptors (Lipinski definition) is 3.